The van der Waals surface area contributed by atoms with Gasteiger partial charge in [0.05, 0.1) is 14.2 Å². The minimum atomic E-state index is -0.496. The van der Waals surface area contributed by atoms with Gasteiger partial charge in [0.2, 0.25) is 0 Å². The molecule has 8 heteroatoms. The predicted octanol–water partition coefficient (Wildman–Crippen LogP) is 3.33. The number of ether oxygens (including phenoxy) is 3. The van der Waals surface area contributed by atoms with Gasteiger partial charge in [0.1, 0.15) is 11.5 Å². The van der Waals surface area contributed by atoms with Crippen molar-refractivity contribution >= 4 is 21.8 Å². The first-order valence-corrected chi connectivity index (χ1v) is 10.1. The van der Waals surface area contributed by atoms with Crippen molar-refractivity contribution in [2.75, 3.05) is 47.0 Å². The van der Waals surface area contributed by atoms with Crippen LogP contribution in [0.15, 0.2) is 40.9 Å². The highest BCUT2D eigenvalue weighted by atomic mass is 79.9. The van der Waals surface area contributed by atoms with E-state index >= 15 is 0 Å². The van der Waals surface area contributed by atoms with Crippen LogP contribution in [-0.2, 0) is 11.3 Å². The lowest BCUT2D eigenvalue weighted by molar-refractivity contribution is -0.135. The van der Waals surface area contributed by atoms with Gasteiger partial charge in [-0.15, -0.1) is 0 Å². The maximum absolute atomic E-state index is 13.8. The molecular weight excluding hydrogens is 443 g/mol. The van der Waals surface area contributed by atoms with Crippen LogP contribution < -0.4 is 14.2 Å². The summed E-state index contributed by atoms with van der Waals surface area (Å²) in [4.78, 5) is 16.4. The van der Waals surface area contributed by atoms with Crippen molar-refractivity contribution in [3.63, 3.8) is 0 Å². The van der Waals surface area contributed by atoms with Crippen molar-refractivity contribution in [3.8, 4) is 17.2 Å². The van der Waals surface area contributed by atoms with Crippen LogP contribution in [-0.4, -0.2) is 62.7 Å². The van der Waals surface area contributed by atoms with E-state index in [0.717, 1.165) is 30.2 Å². The average molecular weight is 467 g/mol. The van der Waals surface area contributed by atoms with E-state index in [1.807, 2.05) is 18.2 Å². The van der Waals surface area contributed by atoms with Crippen LogP contribution in [0.3, 0.4) is 0 Å². The van der Waals surface area contributed by atoms with E-state index in [1.54, 1.807) is 25.2 Å². The topological polar surface area (TPSA) is 51.2 Å². The molecule has 0 aliphatic carbocycles. The molecule has 0 aromatic heterocycles. The molecule has 0 N–H and O–H groups in total. The van der Waals surface area contributed by atoms with Crippen LogP contribution in [0.1, 0.15) is 5.56 Å². The van der Waals surface area contributed by atoms with Gasteiger partial charge in [0, 0.05) is 42.8 Å². The highest BCUT2D eigenvalue weighted by molar-refractivity contribution is 9.10. The second kappa shape index (κ2) is 9.93. The Morgan fingerprint density at radius 3 is 2.41 bits per heavy atom. The van der Waals surface area contributed by atoms with Crippen molar-refractivity contribution in [2.45, 2.75) is 6.54 Å². The summed E-state index contributed by atoms with van der Waals surface area (Å²) in [5.41, 5.74) is 1.04. The highest BCUT2D eigenvalue weighted by Gasteiger charge is 2.22. The van der Waals surface area contributed by atoms with Gasteiger partial charge >= 0.3 is 0 Å². The normalized spacial score (nSPS) is 14.6. The number of hydrogen-bond acceptors (Lipinski definition) is 5. The minimum absolute atomic E-state index is 0.0744. The molecular formula is C21H24BrFN2O4. The maximum Gasteiger partial charge on any atom is 0.260 e. The fraction of sp³-hybridized carbons (Fsp3) is 0.381. The van der Waals surface area contributed by atoms with Gasteiger partial charge in [-0.3, -0.25) is 9.69 Å². The first-order chi connectivity index (χ1) is 14.0. The van der Waals surface area contributed by atoms with Crippen molar-refractivity contribution in [3.05, 3.63) is 52.3 Å². The SMILES string of the molecule is COc1ccc(OC)c(CN2CCN(C(=O)COc3ccc(Br)cc3F)CC2)c1. The minimum Gasteiger partial charge on any atom is -0.497 e. The number of nitrogens with zero attached hydrogens (tertiary/aromatic N) is 2. The van der Waals surface area contributed by atoms with Gasteiger partial charge in [-0.1, -0.05) is 15.9 Å². The number of hydrogen-bond donors (Lipinski definition) is 0. The summed E-state index contributed by atoms with van der Waals surface area (Å²) in [5, 5.41) is 0. The number of methoxy groups -OCH3 is 2. The van der Waals surface area contributed by atoms with Crippen LogP contribution in [0.5, 0.6) is 17.2 Å². The molecule has 0 saturated carbocycles. The van der Waals surface area contributed by atoms with E-state index in [0.29, 0.717) is 24.1 Å². The molecule has 156 valence electrons. The Labute approximate surface area is 178 Å². The van der Waals surface area contributed by atoms with Gasteiger partial charge < -0.3 is 19.1 Å². The number of carbonyl (C=O) groups is 1. The summed E-state index contributed by atoms with van der Waals surface area (Å²) in [5.74, 6) is 1.03. The largest absolute Gasteiger partial charge is 0.497 e. The molecule has 0 atom stereocenters. The van der Waals surface area contributed by atoms with Crippen LogP contribution in [0.4, 0.5) is 4.39 Å². The Kier molecular flexibility index (Phi) is 7.33. The number of rotatable bonds is 7. The first kappa shape index (κ1) is 21.4. The summed E-state index contributed by atoms with van der Waals surface area (Å²) in [7, 11) is 3.29. The maximum atomic E-state index is 13.8. The van der Waals surface area contributed by atoms with Gasteiger partial charge in [0.25, 0.3) is 5.91 Å². The Morgan fingerprint density at radius 2 is 1.76 bits per heavy atom. The third-order valence-electron chi connectivity index (χ3n) is 4.85. The molecule has 0 bridgehead atoms. The Morgan fingerprint density at radius 1 is 1.03 bits per heavy atom. The smallest absolute Gasteiger partial charge is 0.260 e. The zero-order valence-corrected chi connectivity index (χ0v) is 18.1. The zero-order chi connectivity index (χ0) is 20.8. The molecule has 1 aliphatic heterocycles. The summed E-state index contributed by atoms with van der Waals surface area (Å²) in [6.45, 7) is 3.19. The molecule has 1 fully saturated rings. The molecule has 1 saturated heterocycles. The standard InChI is InChI=1S/C21H24BrFN2O4/c1-27-17-4-6-19(28-2)15(11-17)13-24-7-9-25(10-8-24)21(26)14-29-20-5-3-16(22)12-18(20)23/h3-6,11-12H,7-10,13-14H2,1-2H3. The second-order valence-electron chi connectivity index (χ2n) is 6.70. The number of piperazine rings is 1. The van der Waals surface area contributed by atoms with Crippen LogP contribution in [0, 0.1) is 5.82 Å². The van der Waals surface area contributed by atoms with E-state index in [4.69, 9.17) is 14.2 Å². The number of amides is 1. The van der Waals surface area contributed by atoms with Crippen LogP contribution in [0.2, 0.25) is 0 Å². The quantitative estimate of drug-likeness (QED) is 0.626. The Bertz CT molecular complexity index is 857. The fourth-order valence-corrected chi connectivity index (χ4v) is 3.56. The summed E-state index contributed by atoms with van der Waals surface area (Å²) < 4.78 is 30.5. The number of halogens is 2. The summed E-state index contributed by atoms with van der Waals surface area (Å²) in [6.07, 6.45) is 0. The van der Waals surface area contributed by atoms with Crippen LogP contribution >= 0.6 is 15.9 Å². The van der Waals surface area contributed by atoms with Crippen molar-refractivity contribution in [2.24, 2.45) is 0 Å². The molecule has 2 aromatic rings. The van der Waals surface area contributed by atoms with Crippen molar-refractivity contribution in [1.82, 2.24) is 9.80 Å². The third-order valence-corrected chi connectivity index (χ3v) is 5.34. The van der Waals surface area contributed by atoms with E-state index in [-0.39, 0.29) is 18.3 Å². The Hall–Kier alpha value is -2.32. The molecule has 29 heavy (non-hydrogen) atoms. The summed E-state index contributed by atoms with van der Waals surface area (Å²) in [6, 6.07) is 10.2. The van der Waals surface area contributed by atoms with Crippen molar-refractivity contribution < 1.29 is 23.4 Å². The van der Waals surface area contributed by atoms with E-state index < -0.39 is 5.82 Å². The molecule has 0 radical (unpaired) electrons. The average Bonchev–Trinajstić information content (AvgIpc) is 2.73. The second-order valence-corrected chi connectivity index (χ2v) is 7.61. The third kappa shape index (κ3) is 5.61. The predicted molar refractivity (Wildman–Crippen MR) is 111 cm³/mol. The molecule has 3 rings (SSSR count). The molecule has 2 aromatic carbocycles. The number of carbonyl (C=O) groups excluding carboxylic acids is 1. The highest BCUT2D eigenvalue weighted by Crippen LogP contribution is 2.26. The Balaban J connectivity index is 1.50. The molecule has 6 nitrogen and oxygen atoms in total. The van der Waals surface area contributed by atoms with E-state index in [1.165, 1.54) is 12.1 Å². The lowest BCUT2D eigenvalue weighted by atomic mass is 10.1. The van der Waals surface area contributed by atoms with E-state index in [9.17, 15) is 9.18 Å². The van der Waals surface area contributed by atoms with Gasteiger partial charge in [-0.25, -0.2) is 4.39 Å². The van der Waals surface area contributed by atoms with Gasteiger partial charge in [-0.05, 0) is 36.4 Å². The fourth-order valence-electron chi connectivity index (χ4n) is 3.22. The lowest BCUT2D eigenvalue weighted by Crippen LogP contribution is -2.49. The zero-order valence-electron chi connectivity index (χ0n) is 16.5. The molecule has 0 unspecified atom stereocenters. The molecule has 1 amide bonds. The molecule has 0 spiro atoms. The lowest BCUT2D eigenvalue weighted by Gasteiger charge is -2.35. The van der Waals surface area contributed by atoms with E-state index in [2.05, 4.69) is 20.8 Å². The molecule has 1 aliphatic rings. The van der Waals surface area contributed by atoms with Gasteiger partial charge in [-0.2, -0.15) is 0 Å². The summed E-state index contributed by atoms with van der Waals surface area (Å²) >= 11 is 3.19. The first-order valence-electron chi connectivity index (χ1n) is 9.29. The van der Waals surface area contributed by atoms with Crippen LogP contribution in [0.25, 0.3) is 0 Å². The number of benzene rings is 2. The molecule has 1 heterocycles. The van der Waals surface area contributed by atoms with Crippen molar-refractivity contribution in [1.29, 1.82) is 0 Å². The monoisotopic (exact) mass is 466 g/mol. The van der Waals surface area contributed by atoms with Gasteiger partial charge in [0.15, 0.2) is 18.2 Å².